The van der Waals surface area contributed by atoms with Gasteiger partial charge in [-0.3, -0.25) is 0 Å². The van der Waals surface area contributed by atoms with Crippen molar-refractivity contribution in [3.63, 3.8) is 0 Å². The van der Waals surface area contributed by atoms with Crippen LogP contribution >= 0.6 is 0 Å². The molecule has 1 aromatic heterocycles. The molecule has 2 heterocycles. The molecule has 0 saturated carbocycles. The molecule has 6 nitrogen and oxygen atoms in total. The van der Waals surface area contributed by atoms with E-state index in [2.05, 4.69) is 0 Å². The first-order valence-electron chi connectivity index (χ1n) is 5.19. The van der Waals surface area contributed by atoms with Crippen LogP contribution in [0.3, 0.4) is 0 Å². The molecule has 1 radical (unpaired) electrons. The summed E-state index contributed by atoms with van der Waals surface area (Å²) in [5, 5.41) is 28.3. The van der Waals surface area contributed by atoms with Crippen molar-refractivity contribution in [3.05, 3.63) is 30.1 Å². The molecule has 3 N–H and O–H groups in total. The van der Waals surface area contributed by atoms with E-state index in [1.54, 1.807) is 24.6 Å². The Bertz CT molecular complexity index is 416. The number of nitrogens with zero attached hydrogens (tertiary/aromatic N) is 1. The summed E-state index contributed by atoms with van der Waals surface area (Å²) in [4.78, 5) is 10.5. The molecule has 0 aromatic carbocycles. The van der Waals surface area contributed by atoms with E-state index in [0.29, 0.717) is 5.56 Å². The van der Waals surface area contributed by atoms with E-state index < -0.39 is 24.5 Å². The fourth-order valence-corrected chi connectivity index (χ4v) is 1.84. The Morgan fingerprint density at radius 1 is 1.39 bits per heavy atom. The van der Waals surface area contributed by atoms with Crippen LogP contribution in [-0.2, 0) is 42.2 Å². The summed E-state index contributed by atoms with van der Waals surface area (Å²) in [6.07, 6.45) is 0.816. The second kappa shape index (κ2) is 6.79. The minimum atomic E-state index is -1.15. The van der Waals surface area contributed by atoms with Gasteiger partial charge in [0, 0.05) is 32.7 Å². The molecule has 4 atom stereocenters. The predicted molar refractivity (Wildman–Crippen MR) is 54.4 cm³/mol. The molecule has 1 saturated heterocycles. The Morgan fingerprint density at radius 3 is 2.67 bits per heavy atom. The van der Waals surface area contributed by atoms with Crippen LogP contribution in [0.2, 0.25) is 0 Å². The van der Waals surface area contributed by atoms with E-state index in [9.17, 15) is 15.0 Å². The standard InChI is InChI=1S/C11H13NO5.Y/c13-5-7-2-1-3-12(4-7)11-10(16)9(15)8(6-14)17-11;/h1-4,8-11,14-16H,6H2;/t8-,9-,10-,11-;/m1./s1. The molecule has 95 valence electrons. The maximum Gasteiger partial charge on any atom is 0.281 e. The number of aliphatic hydroxyl groups excluding tert-OH is 3. The third-order valence-electron chi connectivity index (χ3n) is 2.75. The van der Waals surface area contributed by atoms with Crippen LogP contribution in [0.1, 0.15) is 11.8 Å². The summed E-state index contributed by atoms with van der Waals surface area (Å²) < 4.78 is 6.77. The monoisotopic (exact) mass is 328 g/mol. The first-order valence-corrected chi connectivity index (χ1v) is 5.19. The SMILES string of the molecule is O=[C-]c1ccc[n+]([C@@H]2O[C@H](CO)[C@@H](O)[C@H]2O)c1.[Y]. The third-order valence-corrected chi connectivity index (χ3v) is 2.75. The van der Waals surface area contributed by atoms with Crippen molar-refractivity contribution in [2.24, 2.45) is 0 Å². The zero-order chi connectivity index (χ0) is 12.4. The Balaban J connectivity index is 0.00000162. The quantitative estimate of drug-likeness (QED) is 0.443. The molecule has 0 amide bonds. The van der Waals surface area contributed by atoms with E-state index in [0.717, 1.165) is 0 Å². The summed E-state index contributed by atoms with van der Waals surface area (Å²) in [5.41, 5.74) is 0.310. The molecule has 2 rings (SSSR count). The van der Waals surface area contributed by atoms with Crippen molar-refractivity contribution in [3.8, 4) is 0 Å². The largest absolute Gasteiger partial charge is 0.394 e. The number of aliphatic hydroxyl groups is 3. The smallest absolute Gasteiger partial charge is 0.281 e. The van der Waals surface area contributed by atoms with Gasteiger partial charge < -0.3 is 24.9 Å². The zero-order valence-corrected chi connectivity index (χ0v) is 12.3. The van der Waals surface area contributed by atoms with Crippen molar-refractivity contribution >= 4 is 6.29 Å². The van der Waals surface area contributed by atoms with Crippen LogP contribution in [0.25, 0.3) is 0 Å². The van der Waals surface area contributed by atoms with Crippen molar-refractivity contribution in [2.45, 2.75) is 24.5 Å². The molecule has 1 aromatic rings. The minimum Gasteiger partial charge on any atom is -0.394 e. The molecule has 1 fully saturated rings. The second-order valence-electron chi connectivity index (χ2n) is 3.87. The normalized spacial score (nSPS) is 30.8. The van der Waals surface area contributed by atoms with Gasteiger partial charge in [0.2, 0.25) is 0 Å². The van der Waals surface area contributed by atoms with Crippen molar-refractivity contribution in [1.82, 2.24) is 0 Å². The van der Waals surface area contributed by atoms with Gasteiger partial charge in [0.05, 0.1) is 19.1 Å². The summed E-state index contributed by atoms with van der Waals surface area (Å²) in [5.74, 6) is 0. The Hall–Kier alpha value is -0.236. The van der Waals surface area contributed by atoms with E-state index in [4.69, 9.17) is 9.84 Å². The minimum absolute atomic E-state index is 0. The molecule has 7 heteroatoms. The Kier molecular flexibility index (Phi) is 5.97. The van der Waals surface area contributed by atoms with Crippen LogP contribution in [0.5, 0.6) is 0 Å². The summed E-state index contributed by atoms with van der Waals surface area (Å²) in [6.45, 7) is -0.380. The van der Waals surface area contributed by atoms with Gasteiger partial charge in [-0.05, 0) is 0 Å². The fourth-order valence-electron chi connectivity index (χ4n) is 1.84. The molecule has 0 unspecified atom stereocenters. The third kappa shape index (κ3) is 3.01. The maximum atomic E-state index is 10.5. The molecule has 1 aliphatic rings. The molecule has 0 spiro atoms. The number of ether oxygens (including phenoxy) is 1. The predicted octanol–water partition coefficient (Wildman–Crippen LogP) is -1.96. The van der Waals surface area contributed by atoms with E-state index >= 15 is 0 Å². The average molecular weight is 328 g/mol. The maximum absolute atomic E-state index is 10.5. The van der Waals surface area contributed by atoms with E-state index in [1.807, 2.05) is 0 Å². The van der Waals surface area contributed by atoms with E-state index in [1.165, 1.54) is 10.8 Å². The van der Waals surface area contributed by atoms with Gasteiger partial charge in [0.15, 0.2) is 6.10 Å². The van der Waals surface area contributed by atoms with Crippen LogP contribution in [-0.4, -0.2) is 46.5 Å². The second-order valence-corrected chi connectivity index (χ2v) is 3.87. The van der Waals surface area contributed by atoms with Crippen molar-refractivity contribution in [2.75, 3.05) is 6.61 Å². The molecule has 0 aliphatic carbocycles. The molecule has 1 aliphatic heterocycles. The average Bonchev–Trinajstić information content (AvgIpc) is 2.66. The number of rotatable bonds is 3. The van der Waals surface area contributed by atoms with Gasteiger partial charge in [0.25, 0.3) is 6.23 Å². The number of hydrogen-bond acceptors (Lipinski definition) is 5. The van der Waals surface area contributed by atoms with Gasteiger partial charge in [-0.2, -0.15) is 0 Å². The number of carbonyl (C=O) groups excluding carboxylic acids is 1. The van der Waals surface area contributed by atoms with Crippen LogP contribution < -0.4 is 4.57 Å². The van der Waals surface area contributed by atoms with Crippen LogP contribution in [0.15, 0.2) is 24.5 Å². The number of pyridine rings is 1. The van der Waals surface area contributed by atoms with Crippen LogP contribution in [0, 0.1) is 0 Å². The van der Waals surface area contributed by atoms with E-state index in [-0.39, 0.29) is 39.3 Å². The van der Waals surface area contributed by atoms with Gasteiger partial charge >= 0.3 is 0 Å². The summed E-state index contributed by atoms with van der Waals surface area (Å²) in [6, 6.07) is 3.17. The Morgan fingerprint density at radius 2 is 2.11 bits per heavy atom. The first-order chi connectivity index (χ1) is 8.17. The van der Waals surface area contributed by atoms with Crippen molar-refractivity contribution in [1.29, 1.82) is 0 Å². The topological polar surface area (TPSA) is 90.9 Å². The summed E-state index contributed by atoms with van der Waals surface area (Å²) in [7, 11) is 0. The van der Waals surface area contributed by atoms with Gasteiger partial charge in [0.1, 0.15) is 18.4 Å². The van der Waals surface area contributed by atoms with Gasteiger partial charge in [-0.15, -0.1) is 6.07 Å². The molecular weight excluding hydrogens is 315 g/mol. The fraction of sp³-hybridized carbons (Fsp3) is 0.455. The summed E-state index contributed by atoms with van der Waals surface area (Å²) >= 11 is 0. The first kappa shape index (κ1) is 15.8. The Labute approximate surface area is 129 Å². The molecular formula is C11H13NO5Y. The van der Waals surface area contributed by atoms with Gasteiger partial charge in [-0.25, -0.2) is 4.57 Å². The number of hydrogen-bond donors (Lipinski definition) is 3. The zero-order valence-electron chi connectivity index (χ0n) is 9.51. The molecule has 18 heavy (non-hydrogen) atoms. The molecule has 0 bridgehead atoms. The van der Waals surface area contributed by atoms with Crippen molar-refractivity contribution < 1.29 is 62.1 Å². The van der Waals surface area contributed by atoms with Gasteiger partial charge in [-0.1, -0.05) is 11.6 Å². The number of aromatic nitrogens is 1. The van der Waals surface area contributed by atoms with Crippen LogP contribution in [0.4, 0.5) is 0 Å².